The first-order chi connectivity index (χ1) is 6.36. The highest BCUT2D eigenvalue weighted by molar-refractivity contribution is 5.44. The minimum Gasteiger partial charge on any atom is -0.372 e. The van der Waals surface area contributed by atoms with Gasteiger partial charge in [0.25, 0.3) is 0 Å². The summed E-state index contributed by atoms with van der Waals surface area (Å²) in [5, 5.41) is 6.13. The first-order valence-electron chi connectivity index (χ1n) is 4.30. The fourth-order valence-electron chi connectivity index (χ4n) is 0.995. The molecule has 4 nitrogen and oxygen atoms in total. The van der Waals surface area contributed by atoms with E-state index in [1.165, 1.54) is 0 Å². The van der Waals surface area contributed by atoms with Gasteiger partial charge in [0.05, 0.1) is 6.67 Å². The summed E-state index contributed by atoms with van der Waals surface area (Å²) >= 11 is 0. The molecule has 0 amide bonds. The summed E-state index contributed by atoms with van der Waals surface area (Å²) < 4.78 is 0. The third-order valence-corrected chi connectivity index (χ3v) is 1.75. The van der Waals surface area contributed by atoms with Crippen molar-refractivity contribution in [3.05, 3.63) is 29.8 Å². The maximum atomic E-state index is 5.47. The molecule has 6 N–H and O–H groups in total. The number of nitrogens with one attached hydrogen (secondary N) is 2. The van der Waals surface area contributed by atoms with E-state index in [-0.39, 0.29) is 0 Å². The van der Waals surface area contributed by atoms with Crippen LogP contribution in [-0.2, 0) is 6.54 Å². The highest BCUT2D eigenvalue weighted by Crippen LogP contribution is 2.07. The SMILES string of the molecule is NCNCNc1ccc(CN)cc1. The maximum Gasteiger partial charge on any atom is 0.0662 e. The van der Waals surface area contributed by atoms with E-state index in [9.17, 15) is 0 Å². The molecular formula is C9H16N4. The molecule has 0 aliphatic heterocycles. The lowest BCUT2D eigenvalue weighted by atomic mass is 10.2. The molecule has 0 aliphatic carbocycles. The molecule has 0 bridgehead atoms. The molecule has 72 valence electrons. The standard InChI is InChI=1S/C9H16N4/c10-5-8-1-3-9(4-2-8)13-7-12-6-11/h1-4,12-13H,5-7,10-11H2. The van der Waals surface area contributed by atoms with Crippen LogP contribution in [-0.4, -0.2) is 13.3 Å². The molecule has 4 heteroatoms. The van der Waals surface area contributed by atoms with Crippen molar-refractivity contribution in [2.24, 2.45) is 11.5 Å². The largest absolute Gasteiger partial charge is 0.372 e. The lowest BCUT2D eigenvalue weighted by molar-refractivity contribution is 0.750. The quantitative estimate of drug-likeness (QED) is 0.380. The van der Waals surface area contributed by atoms with E-state index < -0.39 is 0 Å². The van der Waals surface area contributed by atoms with Gasteiger partial charge in [-0.2, -0.15) is 0 Å². The summed E-state index contributed by atoms with van der Waals surface area (Å²) in [7, 11) is 0. The summed E-state index contributed by atoms with van der Waals surface area (Å²) in [5.74, 6) is 0. The summed E-state index contributed by atoms with van der Waals surface area (Å²) in [6.07, 6.45) is 0. The van der Waals surface area contributed by atoms with Crippen LogP contribution in [0.5, 0.6) is 0 Å². The van der Waals surface area contributed by atoms with Gasteiger partial charge < -0.3 is 16.8 Å². The number of anilines is 1. The van der Waals surface area contributed by atoms with E-state index in [1.54, 1.807) is 0 Å². The van der Waals surface area contributed by atoms with Crippen LogP contribution in [0.15, 0.2) is 24.3 Å². The number of hydrogen-bond donors (Lipinski definition) is 4. The second-order valence-electron chi connectivity index (χ2n) is 2.71. The van der Waals surface area contributed by atoms with E-state index in [0.717, 1.165) is 11.3 Å². The molecule has 1 aromatic carbocycles. The van der Waals surface area contributed by atoms with E-state index in [4.69, 9.17) is 11.5 Å². The fraction of sp³-hybridized carbons (Fsp3) is 0.333. The first-order valence-corrected chi connectivity index (χ1v) is 4.30. The predicted octanol–water partition coefficient (Wildman–Crippen LogP) is 0.0205. The summed E-state index contributed by atoms with van der Waals surface area (Å²) in [5.41, 5.74) is 12.9. The van der Waals surface area contributed by atoms with Crippen LogP contribution in [0.3, 0.4) is 0 Å². The number of benzene rings is 1. The third kappa shape index (κ3) is 3.42. The number of hydrogen-bond acceptors (Lipinski definition) is 4. The van der Waals surface area contributed by atoms with Crippen molar-refractivity contribution in [2.45, 2.75) is 6.54 Å². The Morgan fingerprint density at radius 3 is 2.31 bits per heavy atom. The summed E-state index contributed by atoms with van der Waals surface area (Å²) in [4.78, 5) is 0. The van der Waals surface area contributed by atoms with Gasteiger partial charge in [0.15, 0.2) is 0 Å². The van der Waals surface area contributed by atoms with Gasteiger partial charge in [0, 0.05) is 18.9 Å². The molecule has 0 saturated carbocycles. The average molecular weight is 180 g/mol. The summed E-state index contributed by atoms with van der Waals surface area (Å²) in [6.45, 7) is 1.74. The van der Waals surface area contributed by atoms with Crippen molar-refractivity contribution in [1.29, 1.82) is 0 Å². The van der Waals surface area contributed by atoms with E-state index in [1.807, 2.05) is 24.3 Å². The first kappa shape index (κ1) is 9.98. The van der Waals surface area contributed by atoms with Crippen LogP contribution in [0, 0.1) is 0 Å². The number of rotatable bonds is 5. The lowest BCUT2D eigenvalue weighted by Gasteiger charge is -2.06. The zero-order chi connectivity index (χ0) is 9.52. The van der Waals surface area contributed by atoms with Crippen LogP contribution < -0.4 is 22.1 Å². The van der Waals surface area contributed by atoms with Gasteiger partial charge in [-0.1, -0.05) is 12.1 Å². The van der Waals surface area contributed by atoms with Crippen LogP contribution in [0.25, 0.3) is 0 Å². The van der Waals surface area contributed by atoms with Gasteiger partial charge >= 0.3 is 0 Å². The molecule has 0 spiro atoms. The van der Waals surface area contributed by atoms with Crippen molar-refractivity contribution >= 4 is 5.69 Å². The number of nitrogens with two attached hydrogens (primary N) is 2. The van der Waals surface area contributed by atoms with Crippen LogP contribution >= 0.6 is 0 Å². The highest BCUT2D eigenvalue weighted by atomic mass is 15.1. The van der Waals surface area contributed by atoms with Crippen molar-refractivity contribution in [3.8, 4) is 0 Å². The van der Waals surface area contributed by atoms with E-state index >= 15 is 0 Å². The Morgan fingerprint density at radius 1 is 1.08 bits per heavy atom. The van der Waals surface area contributed by atoms with E-state index in [2.05, 4.69) is 10.6 Å². The van der Waals surface area contributed by atoms with Gasteiger partial charge in [0.1, 0.15) is 0 Å². The fourth-order valence-corrected chi connectivity index (χ4v) is 0.995. The molecule has 0 aromatic heterocycles. The Kier molecular flexibility index (Phi) is 4.25. The van der Waals surface area contributed by atoms with Gasteiger partial charge in [-0.05, 0) is 17.7 Å². The molecule has 1 rings (SSSR count). The smallest absolute Gasteiger partial charge is 0.0662 e. The third-order valence-electron chi connectivity index (χ3n) is 1.75. The average Bonchev–Trinajstić information content (AvgIpc) is 2.19. The minimum absolute atomic E-state index is 0.480. The molecule has 0 radical (unpaired) electrons. The highest BCUT2D eigenvalue weighted by Gasteiger charge is 1.90. The Balaban J connectivity index is 2.40. The second-order valence-corrected chi connectivity index (χ2v) is 2.71. The Hall–Kier alpha value is -1.10. The molecule has 1 aromatic rings. The molecular weight excluding hydrogens is 164 g/mol. The zero-order valence-corrected chi connectivity index (χ0v) is 7.59. The Labute approximate surface area is 78.3 Å². The second kappa shape index (κ2) is 5.53. The Bertz CT molecular complexity index is 232. The maximum absolute atomic E-state index is 5.47. The van der Waals surface area contributed by atoms with Gasteiger partial charge in [-0.3, -0.25) is 5.32 Å². The topological polar surface area (TPSA) is 76.1 Å². The molecule has 0 aliphatic rings. The van der Waals surface area contributed by atoms with Crippen LogP contribution in [0.1, 0.15) is 5.56 Å². The van der Waals surface area contributed by atoms with Crippen molar-refractivity contribution in [1.82, 2.24) is 5.32 Å². The zero-order valence-electron chi connectivity index (χ0n) is 7.59. The van der Waals surface area contributed by atoms with Gasteiger partial charge in [0.2, 0.25) is 0 Å². The van der Waals surface area contributed by atoms with Crippen molar-refractivity contribution in [3.63, 3.8) is 0 Å². The molecule has 13 heavy (non-hydrogen) atoms. The van der Waals surface area contributed by atoms with Crippen molar-refractivity contribution in [2.75, 3.05) is 18.7 Å². The van der Waals surface area contributed by atoms with Gasteiger partial charge in [-0.15, -0.1) is 0 Å². The van der Waals surface area contributed by atoms with Crippen LogP contribution in [0.4, 0.5) is 5.69 Å². The van der Waals surface area contributed by atoms with Crippen LogP contribution in [0.2, 0.25) is 0 Å². The monoisotopic (exact) mass is 180 g/mol. The summed E-state index contributed by atoms with van der Waals surface area (Å²) in [6, 6.07) is 8.01. The Morgan fingerprint density at radius 2 is 1.77 bits per heavy atom. The molecule has 0 unspecified atom stereocenters. The molecule has 0 fully saturated rings. The molecule has 0 heterocycles. The normalized spacial score (nSPS) is 10.0. The minimum atomic E-state index is 0.480. The molecule has 0 saturated heterocycles. The predicted molar refractivity (Wildman–Crippen MR) is 55.0 cm³/mol. The van der Waals surface area contributed by atoms with E-state index in [0.29, 0.717) is 19.9 Å². The van der Waals surface area contributed by atoms with Crippen molar-refractivity contribution < 1.29 is 0 Å². The lowest BCUT2D eigenvalue weighted by Crippen LogP contribution is -2.27. The van der Waals surface area contributed by atoms with Gasteiger partial charge in [-0.25, -0.2) is 0 Å². The molecule has 0 atom stereocenters.